The average molecular weight is 412 g/mol. The van der Waals surface area contributed by atoms with Crippen molar-refractivity contribution < 1.29 is 14.6 Å². The van der Waals surface area contributed by atoms with Crippen molar-refractivity contribution in [3.05, 3.63) is 51.5 Å². The molecule has 0 spiro atoms. The van der Waals surface area contributed by atoms with Gasteiger partial charge in [-0.1, -0.05) is 17.4 Å². The summed E-state index contributed by atoms with van der Waals surface area (Å²) in [5, 5.41) is 22.0. The van der Waals surface area contributed by atoms with E-state index in [1.54, 1.807) is 6.07 Å². The van der Waals surface area contributed by atoms with Gasteiger partial charge in [0, 0.05) is 29.8 Å². The summed E-state index contributed by atoms with van der Waals surface area (Å²) in [5.41, 5.74) is 2.20. The van der Waals surface area contributed by atoms with E-state index in [9.17, 15) is 9.90 Å². The number of aryl methyl sites for hydroxylation is 2. The number of nitrogens with one attached hydrogen (secondary N) is 1. The van der Waals surface area contributed by atoms with Crippen LogP contribution in [0.1, 0.15) is 44.2 Å². The summed E-state index contributed by atoms with van der Waals surface area (Å²) in [6.07, 6.45) is 2.86. The predicted molar refractivity (Wildman–Crippen MR) is 106 cm³/mol. The third-order valence-electron chi connectivity index (χ3n) is 4.56. The molecule has 2 atom stereocenters. The van der Waals surface area contributed by atoms with E-state index in [0.717, 1.165) is 27.7 Å². The van der Waals surface area contributed by atoms with Gasteiger partial charge in [-0.3, -0.25) is 4.98 Å². The van der Waals surface area contributed by atoms with E-state index < -0.39 is 5.97 Å². The van der Waals surface area contributed by atoms with E-state index in [-0.39, 0.29) is 11.7 Å². The molecule has 10 heteroatoms. The lowest BCUT2D eigenvalue weighted by Gasteiger charge is -2.09. The highest BCUT2D eigenvalue weighted by atomic mass is 32.1. The second kappa shape index (κ2) is 8.08. The van der Waals surface area contributed by atoms with Crippen molar-refractivity contribution >= 4 is 23.1 Å². The first-order valence-corrected chi connectivity index (χ1v) is 10.00. The van der Waals surface area contributed by atoms with Crippen LogP contribution in [0.3, 0.4) is 0 Å². The molecule has 1 aliphatic carbocycles. The maximum absolute atomic E-state index is 11.4. The van der Waals surface area contributed by atoms with Crippen molar-refractivity contribution in [3.8, 4) is 5.88 Å². The van der Waals surface area contributed by atoms with Gasteiger partial charge in [-0.2, -0.15) is 4.98 Å². The van der Waals surface area contributed by atoms with Crippen LogP contribution in [0, 0.1) is 19.8 Å². The molecule has 29 heavy (non-hydrogen) atoms. The Morgan fingerprint density at radius 3 is 2.86 bits per heavy atom. The highest BCUT2D eigenvalue weighted by molar-refractivity contribution is 7.11. The van der Waals surface area contributed by atoms with Gasteiger partial charge < -0.3 is 15.2 Å². The highest BCUT2D eigenvalue weighted by Gasteiger charge is 2.40. The van der Waals surface area contributed by atoms with E-state index >= 15 is 0 Å². The smallest absolute Gasteiger partial charge is 0.374 e. The molecule has 1 saturated carbocycles. The number of aromatic carboxylic acids is 1. The molecule has 0 aromatic carbocycles. The fraction of sp³-hybridized carbons (Fsp3) is 0.368. The lowest BCUT2D eigenvalue weighted by atomic mass is 10.2. The van der Waals surface area contributed by atoms with Gasteiger partial charge in [0.1, 0.15) is 15.8 Å². The SMILES string of the molecule is Cc1ccc(C2CC2COc2cc(NCc3nnc(C)s3)nc(C(=O)O)n2)nc1. The first-order valence-electron chi connectivity index (χ1n) is 9.18. The lowest BCUT2D eigenvalue weighted by molar-refractivity contribution is 0.0682. The third kappa shape index (κ3) is 4.83. The largest absolute Gasteiger partial charge is 0.477 e. The Kier molecular flexibility index (Phi) is 5.34. The van der Waals surface area contributed by atoms with Crippen LogP contribution in [-0.2, 0) is 6.54 Å². The van der Waals surface area contributed by atoms with Gasteiger partial charge in [0.05, 0.1) is 13.2 Å². The number of nitrogens with zero attached hydrogens (tertiary/aromatic N) is 5. The number of hydrogen-bond donors (Lipinski definition) is 2. The van der Waals surface area contributed by atoms with Crippen LogP contribution >= 0.6 is 11.3 Å². The summed E-state index contributed by atoms with van der Waals surface area (Å²) in [7, 11) is 0. The number of hydrogen-bond acceptors (Lipinski definition) is 9. The summed E-state index contributed by atoms with van der Waals surface area (Å²) in [4.78, 5) is 23.8. The molecule has 3 aromatic rings. The first kappa shape index (κ1) is 19.2. The molecule has 150 valence electrons. The van der Waals surface area contributed by atoms with Crippen LogP contribution in [-0.4, -0.2) is 42.8 Å². The van der Waals surface area contributed by atoms with Crippen LogP contribution in [0.15, 0.2) is 24.4 Å². The topological polar surface area (TPSA) is 123 Å². The van der Waals surface area contributed by atoms with Gasteiger partial charge in [-0.05, 0) is 31.9 Å². The Hall–Kier alpha value is -3.14. The minimum atomic E-state index is -1.21. The second-order valence-electron chi connectivity index (χ2n) is 6.96. The molecule has 1 aliphatic rings. The molecular weight excluding hydrogens is 392 g/mol. The number of rotatable bonds is 8. The number of anilines is 1. The summed E-state index contributed by atoms with van der Waals surface area (Å²) in [6.45, 7) is 4.73. The molecule has 9 nitrogen and oxygen atoms in total. The fourth-order valence-corrected chi connectivity index (χ4v) is 3.59. The molecule has 0 saturated heterocycles. The van der Waals surface area contributed by atoms with Crippen LogP contribution in [0.5, 0.6) is 5.88 Å². The monoisotopic (exact) mass is 412 g/mol. The Morgan fingerprint density at radius 2 is 2.17 bits per heavy atom. The molecule has 0 amide bonds. The van der Waals surface area contributed by atoms with Gasteiger partial charge in [-0.15, -0.1) is 10.2 Å². The third-order valence-corrected chi connectivity index (χ3v) is 5.40. The van der Waals surface area contributed by atoms with Crippen molar-refractivity contribution in [3.63, 3.8) is 0 Å². The van der Waals surface area contributed by atoms with Crippen LogP contribution < -0.4 is 10.1 Å². The van der Waals surface area contributed by atoms with Gasteiger partial charge in [-0.25, -0.2) is 9.78 Å². The Bertz CT molecular complexity index is 1020. The lowest BCUT2D eigenvalue weighted by Crippen LogP contribution is -2.11. The molecule has 1 fully saturated rings. The van der Waals surface area contributed by atoms with E-state index in [2.05, 4.69) is 36.5 Å². The molecule has 3 heterocycles. The van der Waals surface area contributed by atoms with E-state index in [4.69, 9.17) is 4.74 Å². The molecule has 0 bridgehead atoms. The van der Waals surface area contributed by atoms with Crippen LogP contribution in [0.25, 0.3) is 0 Å². The van der Waals surface area contributed by atoms with Crippen molar-refractivity contribution in [2.75, 3.05) is 11.9 Å². The van der Waals surface area contributed by atoms with E-state index in [1.807, 2.05) is 26.1 Å². The standard InChI is InChI=1S/C19H20N6O3S/c1-10-3-4-14(20-7-10)13-5-12(13)9-28-16-6-15(22-18(23-16)19(26)27)21-8-17-25-24-11(2)29-17/h3-4,6-7,12-13H,5,8-9H2,1-2H3,(H,26,27)(H,21,22,23). The number of carboxylic acids is 1. The summed E-state index contributed by atoms with van der Waals surface area (Å²) < 4.78 is 5.79. The molecule has 0 radical (unpaired) electrons. The maximum Gasteiger partial charge on any atom is 0.374 e. The van der Waals surface area contributed by atoms with Gasteiger partial charge in [0.2, 0.25) is 11.7 Å². The second-order valence-corrected chi connectivity index (χ2v) is 8.23. The van der Waals surface area contributed by atoms with E-state index in [0.29, 0.717) is 30.8 Å². The number of pyridine rings is 1. The molecular formula is C19H20N6O3S. The number of ether oxygens (including phenoxy) is 1. The maximum atomic E-state index is 11.4. The fourth-order valence-electron chi connectivity index (χ4n) is 2.95. The van der Waals surface area contributed by atoms with Crippen LogP contribution in [0.4, 0.5) is 5.82 Å². The number of carboxylic acid groups (broad SMARTS) is 1. The zero-order valence-corrected chi connectivity index (χ0v) is 16.8. The Labute approximate surface area is 171 Å². The van der Waals surface area contributed by atoms with Crippen molar-refractivity contribution in [1.82, 2.24) is 25.1 Å². The van der Waals surface area contributed by atoms with Gasteiger partial charge >= 0.3 is 5.97 Å². The Balaban J connectivity index is 1.39. The van der Waals surface area contributed by atoms with Crippen molar-refractivity contribution in [2.24, 2.45) is 5.92 Å². The summed E-state index contributed by atoms with van der Waals surface area (Å²) in [6, 6.07) is 5.70. The van der Waals surface area contributed by atoms with Crippen molar-refractivity contribution in [1.29, 1.82) is 0 Å². The zero-order valence-electron chi connectivity index (χ0n) is 16.0. The Morgan fingerprint density at radius 1 is 1.31 bits per heavy atom. The molecule has 0 aliphatic heterocycles. The molecule has 3 aromatic heterocycles. The van der Waals surface area contributed by atoms with Crippen LogP contribution in [0.2, 0.25) is 0 Å². The van der Waals surface area contributed by atoms with Gasteiger partial charge in [0.15, 0.2) is 0 Å². The minimum Gasteiger partial charge on any atom is -0.477 e. The van der Waals surface area contributed by atoms with Crippen molar-refractivity contribution in [2.45, 2.75) is 32.7 Å². The van der Waals surface area contributed by atoms with E-state index in [1.165, 1.54) is 11.3 Å². The summed E-state index contributed by atoms with van der Waals surface area (Å²) in [5.74, 6) is -0.211. The summed E-state index contributed by atoms with van der Waals surface area (Å²) >= 11 is 1.46. The molecule has 4 rings (SSSR count). The minimum absolute atomic E-state index is 0.232. The number of carbonyl (C=O) groups is 1. The average Bonchev–Trinajstić information content (AvgIpc) is 3.37. The highest BCUT2D eigenvalue weighted by Crippen LogP contribution is 2.46. The molecule has 2 N–H and O–H groups in total. The van der Waals surface area contributed by atoms with Gasteiger partial charge in [0.25, 0.3) is 0 Å². The quantitative estimate of drug-likeness (QED) is 0.575. The zero-order chi connectivity index (χ0) is 20.4. The normalized spacial score (nSPS) is 17.7. The molecule has 2 unspecified atom stereocenters. The predicted octanol–water partition coefficient (Wildman–Crippen LogP) is 2.83. The first-order chi connectivity index (χ1) is 14.0. The number of aromatic nitrogens is 5.